The number of carbonyl (C=O) groups excluding carboxylic acids is 1. The number of aromatic nitrogens is 1. The molecular formula is C12H17NO2. The molecule has 0 amide bonds. The number of hydrogen-bond acceptors (Lipinski definition) is 2. The summed E-state index contributed by atoms with van der Waals surface area (Å²) in [7, 11) is 0. The van der Waals surface area contributed by atoms with Crippen molar-refractivity contribution in [1.82, 2.24) is 0 Å². The Bertz CT molecular complexity index is 312. The molecule has 82 valence electrons. The molecule has 0 aromatic carbocycles. The third-order valence-corrected chi connectivity index (χ3v) is 1.66. The standard InChI is InChI=1S/C9H14N.C3H4O2/c1-9(2,3)10-7-5-4-6-8-10;1-2-3(4)5/h4-8H,1-3H3;2H,1H2,(H,4,5)/q+1;/p-1. The summed E-state index contributed by atoms with van der Waals surface area (Å²) in [5.41, 5.74) is 0.210. The summed E-state index contributed by atoms with van der Waals surface area (Å²) in [5.74, 6) is -1.23. The van der Waals surface area contributed by atoms with Crippen molar-refractivity contribution >= 4 is 5.97 Å². The molecule has 15 heavy (non-hydrogen) atoms. The summed E-state index contributed by atoms with van der Waals surface area (Å²) in [6.45, 7) is 9.46. The van der Waals surface area contributed by atoms with Gasteiger partial charge in [-0.3, -0.25) is 0 Å². The summed E-state index contributed by atoms with van der Waals surface area (Å²) in [5, 5.41) is 9.14. The van der Waals surface area contributed by atoms with Gasteiger partial charge < -0.3 is 9.90 Å². The van der Waals surface area contributed by atoms with Crippen LogP contribution in [-0.4, -0.2) is 5.97 Å². The SMILES string of the molecule is C=CC(=O)[O-].CC(C)(C)[n+]1ccccc1. The first-order valence-corrected chi connectivity index (χ1v) is 4.68. The highest BCUT2D eigenvalue weighted by Gasteiger charge is 2.19. The zero-order chi connectivity index (χ0) is 11.9. The highest BCUT2D eigenvalue weighted by Crippen LogP contribution is 2.01. The Morgan fingerprint density at radius 2 is 1.67 bits per heavy atom. The van der Waals surface area contributed by atoms with E-state index in [1.54, 1.807) is 0 Å². The highest BCUT2D eigenvalue weighted by molar-refractivity contribution is 5.76. The summed E-state index contributed by atoms with van der Waals surface area (Å²) in [6, 6.07) is 6.12. The van der Waals surface area contributed by atoms with Crippen molar-refractivity contribution in [2.24, 2.45) is 0 Å². The van der Waals surface area contributed by atoms with Crippen LogP contribution in [0.25, 0.3) is 0 Å². The number of carbonyl (C=O) groups is 1. The molecule has 0 N–H and O–H groups in total. The van der Waals surface area contributed by atoms with E-state index in [1.165, 1.54) is 0 Å². The molecule has 0 aliphatic heterocycles. The van der Waals surface area contributed by atoms with Crippen LogP contribution in [0.3, 0.4) is 0 Å². The van der Waals surface area contributed by atoms with Crippen molar-refractivity contribution in [3.05, 3.63) is 43.2 Å². The van der Waals surface area contributed by atoms with Gasteiger partial charge in [-0.05, 0) is 6.08 Å². The molecule has 1 aromatic heterocycles. The van der Waals surface area contributed by atoms with Gasteiger partial charge >= 0.3 is 0 Å². The zero-order valence-electron chi connectivity index (χ0n) is 9.43. The fourth-order valence-corrected chi connectivity index (χ4v) is 0.846. The maximum atomic E-state index is 9.14. The lowest BCUT2D eigenvalue weighted by molar-refractivity contribution is -0.754. The lowest BCUT2D eigenvalue weighted by Crippen LogP contribution is -2.49. The normalized spacial score (nSPS) is 9.80. The molecule has 0 saturated heterocycles. The molecule has 0 bridgehead atoms. The largest absolute Gasteiger partial charge is 0.545 e. The third-order valence-electron chi connectivity index (χ3n) is 1.66. The molecule has 1 rings (SSSR count). The molecule has 1 aromatic rings. The number of carboxylic acid groups (broad SMARTS) is 1. The maximum Gasteiger partial charge on any atom is 0.169 e. The number of nitrogens with zero attached hydrogens (tertiary/aromatic N) is 1. The third kappa shape index (κ3) is 6.43. The van der Waals surface area contributed by atoms with Crippen molar-refractivity contribution in [3.8, 4) is 0 Å². The summed E-state index contributed by atoms with van der Waals surface area (Å²) in [4.78, 5) is 9.14. The first-order chi connectivity index (χ1) is 6.88. The second-order valence-corrected chi connectivity index (χ2v) is 3.98. The van der Waals surface area contributed by atoms with Crippen LogP contribution in [0.1, 0.15) is 20.8 Å². The molecule has 0 radical (unpaired) electrons. The monoisotopic (exact) mass is 207 g/mol. The molecule has 0 fully saturated rings. The van der Waals surface area contributed by atoms with Crippen molar-refractivity contribution in [3.63, 3.8) is 0 Å². The molecule has 0 saturated carbocycles. The van der Waals surface area contributed by atoms with Gasteiger partial charge in [0.15, 0.2) is 17.9 Å². The lowest BCUT2D eigenvalue weighted by Gasteiger charge is -2.11. The van der Waals surface area contributed by atoms with Crippen LogP contribution in [0.4, 0.5) is 0 Å². The van der Waals surface area contributed by atoms with Crippen LogP contribution in [0.15, 0.2) is 43.2 Å². The van der Waals surface area contributed by atoms with E-state index in [0.29, 0.717) is 0 Å². The van der Waals surface area contributed by atoms with Gasteiger partial charge in [-0.15, -0.1) is 0 Å². The predicted molar refractivity (Wildman–Crippen MR) is 56.8 cm³/mol. The molecular weight excluding hydrogens is 190 g/mol. The first kappa shape index (κ1) is 13.4. The van der Waals surface area contributed by atoms with Crippen LogP contribution in [0, 0.1) is 0 Å². The van der Waals surface area contributed by atoms with Crippen LogP contribution in [0.5, 0.6) is 0 Å². The Morgan fingerprint density at radius 1 is 1.27 bits per heavy atom. The van der Waals surface area contributed by atoms with E-state index in [4.69, 9.17) is 9.90 Å². The van der Waals surface area contributed by atoms with Crippen LogP contribution < -0.4 is 9.67 Å². The van der Waals surface area contributed by atoms with Gasteiger partial charge in [0, 0.05) is 32.9 Å². The fraction of sp³-hybridized carbons (Fsp3) is 0.333. The van der Waals surface area contributed by atoms with Gasteiger partial charge in [0.25, 0.3) is 0 Å². The molecule has 0 atom stereocenters. The zero-order valence-corrected chi connectivity index (χ0v) is 9.43. The Hall–Kier alpha value is -1.64. The van der Waals surface area contributed by atoms with Gasteiger partial charge in [-0.1, -0.05) is 12.6 Å². The second-order valence-electron chi connectivity index (χ2n) is 3.98. The minimum Gasteiger partial charge on any atom is -0.545 e. The van der Waals surface area contributed by atoms with Gasteiger partial charge in [0.1, 0.15) is 0 Å². The van der Waals surface area contributed by atoms with Gasteiger partial charge in [-0.2, -0.15) is 0 Å². The summed E-state index contributed by atoms with van der Waals surface area (Å²) < 4.78 is 2.19. The minimum atomic E-state index is -1.23. The van der Waals surface area contributed by atoms with Crippen LogP contribution in [0.2, 0.25) is 0 Å². The molecule has 3 nitrogen and oxygen atoms in total. The summed E-state index contributed by atoms with van der Waals surface area (Å²) in [6.07, 6.45) is 4.89. The van der Waals surface area contributed by atoms with E-state index in [1.807, 2.05) is 18.2 Å². The number of rotatable bonds is 1. The van der Waals surface area contributed by atoms with E-state index in [9.17, 15) is 0 Å². The van der Waals surface area contributed by atoms with E-state index in [0.717, 1.165) is 6.08 Å². The number of pyridine rings is 1. The fourth-order valence-electron chi connectivity index (χ4n) is 0.846. The molecule has 0 spiro atoms. The Kier molecular flexibility index (Phi) is 5.31. The minimum absolute atomic E-state index is 0.210. The first-order valence-electron chi connectivity index (χ1n) is 4.68. The molecule has 0 aliphatic carbocycles. The second kappa shape index (κ2) is 5.96. The van der Waals surface area contributed by atoms with Gasteiger partial charge in [-0.25, -0.2) is 4.57 Å². The topological polar surface area (TPSA) is 44.0 Å². The molecule has 0 unspecified atom stereocenters. The smallest absolute Gasteiger partial charge is 0.169 e. The average molecular weight is 207 g/mol. The van der Waals surface area contributed by atoms with Crippen molar-refractivity contribution in [2.75, 3.05) is 0 Å². The maximum absolute atomic E-state index is 9.14. The quantitative estimate of drug-likeness (QED) is 0.501. The Labute approximate surface area is 90.7 Å². The van der Waals surface area contributed by atoms with Crippen molar-refractivity contribution in [2.45, 2.75) is 26.3 Å². The van der Waals surface area contributed by atoms with E-state index < -0.39 is 5.97 Å². The van der Waals surface area contributed by atoms with E-state index >= 15 is 0 Å². The van der Waals surface area contributed by atoms with E-state index in [2.05, 4.69) is 44.3 Å². The molecule has 3 heteroatoms. The van der Waals surface area contributed by atoms with Crippen LogP contribution in [-0.2, 0) is 10.3 Å². The number of carboxylic acids is 1. The predicted octanol–water partition coefficient (Wildman–Crippen LogP) is 0.651. The average Bonchev–Trinajstić information content (AvgIpc) is 2.19. The van der Waals surface area contributed by atoms with Gasteiger partial charge in [0.2, 0.25) is 0 Å². The van der Waals surface area contributed by atoms with Gasteiger partial charge in [0.05, 0.1) is 5.97 Å². The highest BCUT2D eigenvalue weighted by atomic mass is 16.4. The summed E-state index contributed by atoms with van der Waals surface area (Å²) >= 11 is 0. The van der Waals surface area contributed by atoms with E-state index in [-0.39, 0.29) is 5.54 Å². The number of aliphatic carboxylic acids is 1. The Morgan fingerprint density at radius 3 is 1.87 bits per heavy atom. The van der Waals surface area contributed by atoms with Crippen molar-refractivity contribution in [1.29, 1.82) is 0 Å². The number of hydrogen-bond donors (Lipinski definition) is 0. The van der Waals surface area contributed by atoms with Crippen molar-refractivity contribution < 1.29 is 14.5 Å². The molecule has 0 aliphatic rings. The lowest BCUT2D eigenvalue weighted by atomic mass is 10.1. The molecule has 1 heterocycles. The Balaban J connectivity index is 0.000000336. The van der Waals surface area contributed by atoms with Crippen LogP contribution >= 0.6 is 0 Å².